The fourth-order valence-corrected chi connectivity index (χ4v) is 3.06. The van der Waals surface area contributed by atoms with Crippen LogP contribution in [0.15, 0.2) is 12.3 Å². The molecule has 1 unspecified atom stereocenters. The minimum absolute atomic E-state index is 0.409. The van der Waals surface area contributed by atoms with Crippen molar-refractivity contribution in [3.8, 4) is 0 Å². The van der Waals surface area contributed by atoms with Crippen LogP contribution in [0.5, 0.6) is 0 Å². The van der Waals surface area contributed by atoms with Gasteiger partial charge in [0.25, 0.3) is 0 Å². The molecular weight excluding hydrogens is 152 g/mol. The monoisotopic (exact) mass is 162 g/mol. The van der Waals surface area contributed by atoms with Crippen molar-refractivity contribution in [3.05, 3.63) is 12.3 Å². The Hall–Kier alpha value is 0.240. The third-order valence-electron chi connectivity index (χ3n) is 0.979. The molecule has 52 valence electrons. The summed E-state index contributed by atoms with van der Waals surface area (Å²) in [6.45, 7) is 1.97. The molecule has 0 aromatic rings. The minimum atomic E-state index is 0.409. The summed E-state index contributed by atoms with van der Waals surface area (Å²) in [6.07, 6.45) is 4.87. The Morgan fingerprint density at radius 2 is 2.56 bits per heavy atom. The van der Waals surface area contributed by atoms with Crippen LogP contribution in [0.25, 0.3) is 0 Å². The van der Waals surface area contributed by atoms with Crippen LogP contribution in [0.1, 0.15) is 13.3 Å². The minimum Gasteiger partial charge on any atom is -0.487 e. The van der Waals surface area contributed by atoms with Crippen molar-refractivity contribution in [2.75, 3.05) is 5.75 Å². The molecule has 1 saturated heterocycles. The van der Waals surface area contributed by atoms with E-state index in [1.54, 1.807) is 6.26 Å². The molecule has 0 saturated carbocycles. The van der Waals surface area contributed by atoms with Crippen LogP contribution >= 0.6 is 21.6 Å². The van der Waals surface area contributed by atoms with Crippen molar-refractivity contribution in [1.82, 2.24) is 0 Å². The van der Waals surface area contributed by atoms with Crippen molar-refractivity contribution in [1.29, 1.82) is 0 Å². The zero-order valence-corrected chi connectivity index (χ0v) is 7.00. The van der Waals surface area contributed by atoms with Gasteiger partial charge in [0.15, 0.2) is 5.44 Å². The maximum atomic E-state index is 5.31. The van der Waals surface area contributed by atoms with Crippen molar-refractivity contribution in [2.45, 2.75) is 18.8 Å². The van der Waals surface area contributed by atoms with Gasteiger partial charge in [0.2, 0.25) is 0 Å². The average molecular weight is 162 g/mol. The molecule has 9 heavy (non-hydrogen) atoms. The van der Waals surface area contributed by atoms with E-state index in [9.17, 15) is 0 Å². The molecule has 1 atom stereocenters. The standard InChI is InChI=1S/C6H10OS2/c1-2-4-7-6-3-5-8-9-6/h2,4,6H,3,5H2,1H3/b4-2+. The van der Waals surface area contributed by atoms with Gasteiger partial charge in [0.1, 0.15) is 0 Å². The van der Waals surface area contributed by atoms with Crippen molar-refractivity contribution < 1.29 is 4.74 Å². The highest BCUT2D eigenvalue weighted by molar-refractivity contribution is 8.77. The first-order chi connectivity index (χ1) is 4.43. The van der Waals surface area contributed by atoms with Gasteiger partial charge >= 0.3 is 0 Å². The zero-order chi connectivity index (χ0) is 6.53. The molecule has 1 heterocycles. The SMILES string of the molecule is C/C=C/OC1CCSS1. The molecule has 0 amide bonds. The van der Waals surface area contributed by atoms with Gasteiger partial charge in [-0.05, 0) is 17.7 Å². The van der Waals surface area contributed by atoms with Gasteiger partial charge in [0.05, 0.1) is 6.26 Å². The average Bonchev–Trinajstić information content (AvgIpc) is 2.34. The lowest BCUT2D eigenvalue weighted by Crippen LogP contribution is -1.97. The molecule has 1 aliphatic heterocycles. The Morgan fingerprint density at radius 1 is 1.67 bits per heavy atom. The van der Waals surface area contributed by atoms with E-state index in [2.05, 4.69) is 0 Å². The van der Waals surface area contributed by atoms with E-state index in [4.69, 9.17) is 4.74 Å². The Morgan fingerprint density at radius 3 is 3.11 bits per heavy atom. The van der Waals surface area contributed by atoms with Crippen LogP contribution in [-0.2, 0) is 4.74 Å². The highest BCUT2D eigenvalue weighted by Crippen LogP contribution is 2.37. The molecule has 0 aliphatic carbocycles. The molecule has 1 rings (SSSR count). The molecule has 0 aromatic carbocycles. The third-order valence-corrected chi connectivity index (χ3v) is 3.63. The molecule has 1 aliphatic rings. The van der Waals surface area contributed by atoms with E-state index >= 15 is 0 Å². The first-order valence-corrected chi connectivity index (χ1v) is 5.36. The van der Waals surface area contributed by atoms with Gasteiger partial charge in [0, 0.05) is 12.2 Å². The summed E-state index contributed by atoms with van der Waals surface area (Å²) in [5.41, 5.74) is 0.409. The lowest BCUT2D eigenvalue weighted by Gasteiger charge is -2.04. The second-order valence-corrected chi connectivity index (χ2v) is 4.39. The number of hydrogen-bond donors (Lipinski definition) is 0. The lowest BCUT2D eigenvalue weighted by molar-refractivity contribution is 0.222. The summed E-state index contributed by atoms with van der Waals surface area (Å²) in [7, 11) is 3.72. The van der Waals surface area contributed by atoms with Gasteiger partial charge in [-0.3, -0.25) is 0 Å². The van der Waals surface area contributed by atoms with Crippen LogP contribution < -0.4 is 0 Å². The summed E-state index contributed by atoms with van der Waals surface area (Å²) in [5.74, 6) is 1.23. The molecule has 0 aromatic heterocycles. The quantitative estimate of drug-likeness (QED) is 0.456. The number of allylic oxidation sites excluding steroid dienone is 1. The largest absolute Gasteiger partial charge is 0.487 e. The Labute approximate surface area is 63.6 Å². The molecule has 0 radical (unpaired) electrons. The predicted octanol–water partition coefficient (Wildman–Crippen LogP) is 2.65. The molecule has 0 bridgehead atoms. The highest BCUT2D eigenvalue weighted by atomic mass is 33.1. The second kappa shape index (κ2) is 4.12. The Bertz CT molecular complexity index is 97.2. The van der Waals surface area contributed by atoms with E-state index in [0.717, 1.165) is 0 Å². The highest BCUT2D eigenvalue weighted by Gasteiger charge is 2.15. The number of hydrogen-bond acceptors (Lipinski definition) is 3. The zero-order valence-electron chi connectivity index (χ0n) is 5.37. The number of ether oxygens (including phenoxy) is 1. The topological polar surface area (TPSA) is 9.23 Å². The van der Waals surface area contributed by atoms with Gasteiger partial charge in [-0.15, -0.1) is 0 Å². The second-order valence-electron chi connectivity index (χ2n) is 1.74. The molecule has 3 heteroatoms. The van der Waals surface area contributed by atoms with Crippen LogP contribution in [0, 0.1) is 0 Å². The van der Waals surface area contributed by atoms with E-state index in [-0.39, 0.29) is 0 Å². The van der Waals surface area contributed by atoms with Crippen molar-refractivity contribution >= 4 is 21.6 Å². The van der Waals surface area contributed by atoms with Crippen LogP contribution in [-0.4, -0.2) is 11.2 Å². The van der Waals surface area contributed by atoms with E-state index in [1.165, 1.54) is 12.2 Å². The lowest BCUT2D eigenvalue weighted by atomic mass is 10.5. The summed E-state index contributed by atoms with van der Waals surface area (Å²) < 4.78 is 5.31. The van der Waals surface area contributed by atoms with Gasteiger partial charge in [-0.2, -0.15) is 0 Å². The molecule has 1 nitrogen and oxygen atoms in total. The fraction of sp³-hybridized carbons (Fsp3) is 0.667. The first-order valence-electron chi connectivity index (χ1n) is 2.98. The predicted molar refractivity (Wildman–Crippen MR) is 44.4 cm³/mol. The maximum Gasteiger partial charge on any atom is 0.154 e. The summed E-state index contributed by atoms with van der Waals surface area (Å²) in [4.78, 5) is 0. The summed E-state index contributed by atoms with van der Waals surface area (Å²) >= 11 is 0. The van der Waals surface area contributed by atoms with Gasteiger partial charge in [-0.1, -0.05) is 16.9 Å². The normalized spacial score (nSPS) is 27.4. The molecular formula is C6H10OS2. The number of rotatable bonds is 2. The first kappa shape index (κ1) is 7.35. The van der Waals surface area contributed by atoms with Crippen LogP contribution in [0.3, 0.4) is 0 Å². The maximum absolute atomic E-state index is 5.31. The van der Waals surface area contributed by atoms with E-state index in [1.807, 2.05) is 34.6 Å². The molecule has 1 fully saturated rings. The van der Waals surface area contributed by atoms with Gasteiger partial charge in [-0.25, -0.2) is 0 Å². The van der Waals surface area contributed by atoms with E-state index < -0.39 is 0 Å². The van der Waals surface area contributed by atoms with Gasteiger partial charge < -0.3 is 4.74 Å². The Balaban J connectivity index is 2.11. The summed E-state index contributed by atoms with van der Waals surface area (Å²) in [5, 5.41) is 0. The van der Waals surface area contributed by atoms with E-state index in [0.29, 0.717) is 5.44 Å². The Kier molecular flexibility index (Phi) is 3.36. The van der Waals surface area contributed by atoms with Crippen molar-refractivity contribution in [2.24, 2.45) is 0 Å². The third kappa shape index (κ3) is 2.54. The van der Waals surface area contributed by atoms with Crippen LogP contribution in [0.2, 0.25) is 0 Å². The van der Waals surface area contributed by atoms with Crippen molar-refractivity contribution in [3.63, 3.8) is 0 Å². The fourth-order valence-electron chi connectivity index (χ4n) is 0.573. The molecule has 0 spiro atoms. The summed E-state index contributed by atoms with van der Waals surface area (Å²) in [6, 6.07) is 0. The van der Waals surface area contributed by atoms with Crippen LogP contribution in [0.4, 0.5) is 0 Å². The molecule has 0 N–H and O–H groups in total. The smallest absolute Gasteiger partial charge is 0.154 e.